The number of carboxylic acid groups (broad SMARTS) is 1. The molecule has 1 aromatic carbocycles. The molecule has 0 radical (unpaired) electrons. The Labute approximate surface area is 102 Å². The molecular weight excluding hydrogens is 245 g/mol. The highest BCUT2D eigenvalue weighted by Gasteiger charge is 2.24. The molecule has 98 valence electrons. The Morgan fingerprint density at radius 3 is 2.56 bits per heavy atom. The Morgan fingerprint density at radius 1 is 1.50 bits per heavy atom. The number of ether oxygens (including phenoxy) is 1. The Morgan fingerprint density at radius 2 is 2.11 bits per heavy atom. The van der Waals surface area contributed by atoms with Crippen molar-refractivity contribution in [2.24, 2.45) is 5.73 Å². The standard InChI is InChI=1S/C11H12FNO5/c1-18-11(17)6-2-5(3-8(12)9(6)14)7(4-13)10(15)16/h2-3,7,14H,4,13H2,1H3,(H,15,16). The summed E-state index contributed by atoms with van der Waals surface area (Å²) in [6, 6.07) is 1.88. The van der Waals surface area contributed by atoms with E-state index in [2.05, 4.69) is 4.74 Å². The zero-order valence-corrected chi connectivity index (χ0v) is 9.51. The van der Waals surface area contributed by atoms with Crippen molar-refractivity contribution in [1.29, 1.82) is 0 Å². The molecule has 0 aliphatic heterocycles. The van der Waals surface area contributed by atoms with Gasteiger partial charge in [0.1, 0.15) is 5.56 Å². The summed E-state index contributed by atoms with van der Waals surface area (Å²) in [5.74, 6) is -5.37. The minimum Gasteiger partial charge on any atom is -0.504 e. The fraction of sp³-hybridized carbons (Fsp3) is 0.273. The lowest BCUT2D eigenvalue weighted by molar-refractivity contribution is -0.138. The third-order valence-electron chi connectivity index (χ3n) is 2.43. The van der Waals surface area contributed by atoms with Crippen molar-refractivity contribution < 1.29 is 28.9 Å². The summed E-state index contributed by atoms with van der Waals surface area (Å²) >= 11 is 0. The zero-order chi connectivity index (χ0) is 13.9. The number of carboxylic acids is 1. The van der Waals surface area contributed by atoms with Crippen molar-refractivity contribution in [1.82, 2.24) is 0 Å². The molecule has 1 rings (SSSR count). The largest absolute Gasteiger partial charge is 0.504 e. The highest BCUT2D eigenvalue weighted by atomic mass is 19.1. The average molecular weight is 257 g/mol. The maximum atomic E-state index is 13.4. The molecule has 0 saturated carbocycles. The summed E-state index contributed by atoms with van der Waals surface area (Å²) in [4.78, 5) is 22.2. The Hall–Kier alpha value is -2.15. The van der Waals surface area contributed by atoms with Gasteiger partial charge in [-0.15, -0.1) is 0 Å². The van der Waals surface area contributed by atoms with Gasteiger partial charge in [-0.1, -0.05) is 0 Å². The lowest BCUT2D eigenvalue weighted by Gasteiger charge is -2.12. The molecule has 1 unspecified atom stereocenters. The predicted octanol–water partition coefficient (Wildman–Crippen LogP) is 0.445. The number of halogens is 1. The molecule has 1 atom stereocenters. The van der Waals surface area contributed by atoms with Gasteiger partial charge in [0.15, 0.2) is 11.6 Å². The molecule has 0 aliphatic rings. The van der Waals surface area contributed by atoms with Crippen LogP contribution in [0.2, 0.25) is 0 Å². The van der Waals surface area contributed by atoms with Gasteiger partial charge < -0.3 is 20.7 Å². The van der Waals surface area contributed by atoms with E-state index in [1.54, 1.807) is 0 Å². The molecule has 0 amide bonds. The number of aromatic hydroxyl groups is 1. The van der Waals surface area contributed by atoms with Crippen molar-refractivity contribution >= 4 is 11.9 Å². The van der Waals surface area contributed by atoms with Crippen molar-refractivity contribution in [2.75, 3.05) is 13.7 Å². The van der Waals surface area contributed by atoms with E-state index in [9.17, 15) is 19.1 Å². The summed E-state index contributed by atoms with van der Waals surface area (Å²) in [6.45, 7) is -0.264. The van der Waals surface area contributed by atoms with Crippen LogP contribution in [0.1, 0.15) is 21.8 Å². The number of phenolic OH excluding ortho intramolecular Hbond substituents is 1. The minimum absolute atomic E-state index is 0.0132. The van der Waals surface area contributed by atoms with Crippen LogP contribution in [0.4, 0.5) is 4.39 Å². The number of hydrogen-bond donors (Lipinski definition) is 3. The van der Waals surface area contributed by atoms with Crippen LogP contribution < -0.4 is 5.73 Å². The lowest BCUT2D eigenvalue weighted by atomic mass is 9.96. The summed E-state index contributed by atoms with van der Waals surface area (Å²) in [5.41, 5.74) is 4.82. The van der Waals surface area contributed by atoms with Gasteiger partial charge in [-0.05, 0) is 17.7 Å². The predicted molar refractivity (Wildman–Crippen MR) is 58.8 cm³/mol. The van der Waals surface area contributed by atoms with Gasteiger partial charge in [0.2, 0.25) is 0 Å². The first kappa shape index (κ1) is 13.9. The monoisotopic (exact) mass is 257 g/mol. The molecule has 0 saturated heterocycles. The number of carbonyl (C=O) groups excluding carboxylic acids is 1. The number of methoxy groups -OCH3 is 1. The van der Waals surface area contributed by atoms with E-state index in [4.69, 9.17) is 10.8 Å². The summed E-state index contributed by atoms with van der Waals surface area (Å²) in [5, 5.41) is 18.3. The van der Waals surface area contributed by atoms with Crippen LogP contribution in [-0.2, 0) is 9.53 Å². The Kier molecular flexibility index (Phi) is 4.22. The third kappa shape index (κ3) is 2.57. The molecule has 1 aromatic rings. The van der Waals surface area contributed by atoms with Gasteiger partial charge >= 0.3 is 11.9 Å². The molecule has 18 heavy (non-hydrogen) atoms. The number of benzene rings is 1. The number of rotatable bonds is 4. The third-order valence-corrected chi connectivity index (χ3v) is 2.43. The average Bonchev–Trinajstić information content (AvgIpc) is 2.32. The SMILES string of the molecule is COC(=O)c1cc(C(CN)C(=O)O)cc(F)c1O. The van der Waals surface area contributed by atoms with Gasteiger partial charge in [0, 0.05) is 6.54 Å². The summed E-state index contributed by atoms with van der Waals surface area (Å²) in [7, 11) is 1.06. The van der Waals surface area contributed by atoms with Gasteiger partial charge in [0.05, 0.1) is 13.0 Å². The van der Waals surface area contributed by atoms with Crippen LogP contribution in [-0.4, -0.2) is 35.8 Å². The molecule has 0 aromatic heterocycles. The van der Waals surface area contributed by atoms with Crippen LogP contribution in [0.5, 0.6) is 5.75 Å². The van der Waals surface area contributed by atoms with E-state index in [1.165, 1.54) is 0 Å². The fourth-order valence-corrected chi connectivity index (χ4v) is 1.47. The van der Waals surface area contributed by atoms with Crippen LogP contribution >= 0.6 is 0 Å². The van der Waals surface area contributed by atoms with Crippen LogP contribution in [0.3, 0.4) is 0 Å². The first-order chi connectivity index (χ1) is 8.42. The maximum absolute atomic E-state index is 13.4. The number of carbonyl (C=O) groups is 2. The summed E-state index contributed by atoms with van der Waals surface area (Å²) < 4.78 is 17.8. The number of aliphatic carboxylic acids is 1. The van der Waals surface area contributed by atoms with Crippen molar-refractivity contribution in [2.45, 2.75) is 5.92 Å². The second kappa shape index (κ2) is 5.46. The van der Waals surface area contributed by atoms with Crippen molar-refractivity contribution in [3.63, 3.8) is 0 Å². The Balaban J connectivity index is 3.36. The first-order valence-electron chi connectivity index (χ1n) is 4.96. The molecule has 0 fully saturated rings. The van der Waals surface area contributed by atoms with Gasteiger partial charge in [-0.3, -0.25) is 4.79 Å². The van der Waals surface area contributed by atoms with Crippen LogP contribution in [0.25, 0.3) is 0 Å². The van der Waals surface area contributed by atoms with E-state index in [-0.39, 0.29) is 12.1 Å². The molecule has 0 bridgehead atoms. The minimum atomic E-state index is -1.25. The topological polar surface area (TPSA) is 110 Å². The number of nitrogens with two attached hydrogens (primary N) is 1. The Bertz CT molecular complexity index is 489. The van der Waals surface area contributed by atoms with E-state index in [0.717, 1.165) is 19.2 Å². The van der Waals surface area contributed by atoms with E-state index >= 15 is 0 Å². The maximum Gasteiger partial charge on any atom is 0.341 e. The molecule has 0 heterocycles. The molecular formula is C11H12FNO5. The van der Waals surface area contributed by atoms with E-state index in [0.29, 0.717) is 0 Å². The lowest BCUT2D eigenvalue weighted by Crippen LogP contribution is -2.21. The molecule has 0 aliphatic carbocycles. The quantitative estimate of drug-likeness (QED) is 0.675. The van der Waals surface area contributed by atoms with Crippen LogP contribution in [0, 0.1) is 5.82 Å². The molecule has 7 heteroatoms. The van der Waals surface area contributed by atoms with Gasteiger partial charge in [-0.25, -0.2) is 9.18 Å². The van der Waals surface area contributed by atoms with Crippen molar-refractivity contribution in [3.05, 3.63) is 29.1 Å². The second-order valence-electron chi connectivity index (χ2n) is 3.52. The second-order valence-corrected chi connectivity index (χ2v) is 3.52. The van der Waals surface area contributed by atoms with Gasteiger partial charge in [0.25, 0.3) is 0 Å². The highest BCUT2D eigenvalue weighted by molar-refractivity contribution is 5.93. The van der Waals surface area contributed by atoms with Gasteiger partial charge in [-0.2, -0.15) is 0 Å². The summed E-state index contributed by atoms with van der Waals surface area (Å²) in [6.07, 6.45) is 0. The highest BCUT2D eigenvalue weighted by Crippen LogP contribution is 2.27. The number of phenols is 1. The van der Waals surface area contributed by atoms with E-state index < -0.39 is 35.0 Å². The number of hydrogen-bond acceptors (Lipinski definition) is 5. The zero-order valence-electron chi connectivity index (χ0n) is 9.51. The smallest absolute Gasteiger partial charge is 0.341 e. The number of esters is 1. The fourth-order valence-electron chi connectivity index (χ4n) is 1.47. The first-order valence-corrected chi connectivity index (χ1v) is 4.96. The van der Waals surface area contributed by atoms with Crippen molar-refractivity contribution in [3.8, 4) is 5.75 Å². The van der Waals surface area contributed by atoms with Crippen LogP contribution in [0.15, 0.2) is 12.1 Å². The van der Waals surface area contributed by atoms with E-state index in [1.807, 2.05) is 0 Å². The normalized spacial score (nSPS) is 11.9. The molecule has 6 nitrogen and oxygen atoms in total. The molecule has 0 spiro atoms. The molecule has 4 N–H and O–H groups in total.